The van der Waals surface area contributed by atoms with Crippen LogP contribution in [0.25, 0.3) is 5.52 Å². The lowest BCUT2D eigenvalue weighted by atomic mass is 10.2. The van der Waals surface area contributed by atoms with Gasteiger partial charge in [-0.05, 0) is 24.1 Å². The topological polar surface area (TPSA) is 98.4 Å². The molecule has 1 N–H and O–H groups in total. The van der Waals surface area contributed by atoms with E-state index in [0.29, 0.717) is 18.5 Å². The maximum absolute atomic E-state index is 12.4. The third kappa shape index (κ3) is 3.16. The molecule has 0 radical (unpaired) electrons. The zero-order valence-electron chi connectivity index (χ0n) is 13.3. The van der Waals surface area contributed by atoms with E-state index in [2.05, 4.69) is 15.4 Å². The van der Waals surface area contributed by atoms with Gasteiger partial charge in [0.1, 0.15) is 0 Å². The summed E-state index contributed by atoms with van der Waals surface area (Å²) in [7, 11) is -1.72. The number of amides is 1. The van der Waals surface area contributed by atoms with E-state index in [1.165, 1.54) is 4.40 Å². The number of sulfone groups is 1. The van der Waals surface area contributed by atoms with Gasteiger partial charge in [0.15, 0.2) is 5.69 Å². The van der Waals surface area contributed by atoms with Gasteiger partial charge in [-0.25, -0.2) is 13.4 Å². The number of imidazole rings is 1. The van der Waals surface area contributed by atoms with Gasteiger partial charge in [0, 0.05) is 32.2 Å². The van der Waals surface area contributed by atoms with Crippen molar-refractivity contribution in [3.05, 3.63) is 48.0 Å². The predicted molar refractivity (Wildman–Crippen MR) is 87.5 cm³/mol. The molecule has 0 bridgehead atoms. The van der Waals surface area contributed by atoms with Crippen molar-refractivity contribution in [2.24, 2.45) is 7.05 Å². The first-order chi connectivity index (χ1) is 11.4. The molecule has 0 unspecified atom stereocenters. The third-order valence-corrected chi connectivity index (χ3v) is 4.47. The number of aryl methyl sites for hydroxylation is 1. The first-order valence-corrected chi connectivity index (χ1v) is 9.18. The summed E-state index contributed by atoms with van der Waals surface area (Å²) >= 11 is 0. The summed E-state index contributed by atoms with van der Waals surface area (Å²) in [4.78, 5) is 16.4. The Morgan fingerprint density at radius 3 is 2.79 bits per heavy atom. The van der Waals surface area contributed by atoms with E-state index in [4.69, 9.17) is 0 Å². The molecule has 3 rings (SSSR count). The van der Waals surface area contributed by atoms with Gasteiger partial charge in [-0.15, -0.1) is 0 Å². The van der Waals surface area contributed by atoms with Gasteiger partial charge < -0.3 is 5.32 Å². The molecule has 8 nitrogen and oxygen atoms in total. The summed E-state index contributed by atoms with van der Waals surface area (Å²) in [5.41, 5.74) is 1.56. The number of fused-ring (bicyclic) bond motifs is 1. The van der Waals surface area contributed by atoms with E-state index >= 15 is 0 Å². The van der Waals surface area contributed by atoms with Gasteiger partial charge in [0.2, 0.25) is 15.0 Å². The molecule has 0 atom stereocenters. The highest BCUT2D eigenvalue weighted by Crippen LogP contribution is 2.16. The van der Waals surface area contributed by atoms with Crippen LogP contribution in [0.4, 0.5) is 0 Å². The Balaban J connectivity index is 1.82. The summed E-state index contributed by atoms with van der Waals surface area (Å²) in [5, 5.41) is 6.69. The average Bonchev–Trinajstić information content (AvgIpc) is 3.10. The maximum Gasteiger partial charge on any atom is 0.272 e. The highest BCUT2D eigenvalue weighted by Gasteiger charge is 2.22. The van der Waals surface area contributed by atoms with E-state index in [-0.39, 0.29) is 10.9 Å². The number of hydrogen-bond acceptors (Lipinski definition) is 5. The Kier molecular flexibility index (Phi) is 4.10. The number of nitrogens with one attached hydrogen (secondary N) is 1. The van der Waals surface area contributed by atoms with Crippen molar-refractivity contribution in [3.8, 4) is 0 Å². The van der Waals surface area contributed by atoms with Gasteiger partial charge in [0.05, 0.1) is 11.7 Å². The number of rotatable bonds is 5. The quantitative estimate of drug-likeness (QED) is 0.722. The predicted octanol–water partition coefficient (Wildman–Crippen LogP) is 0.444. The lowest BCUT2D eigenvalue weighted by molar-refractivity contribution is 0.0951. The molecule has 126 valence electrons. The Morgan fingerprint density at radius 2 is 2.12 bits per heavy atom. The van der Waals surface area contributed by atoms with E-state index < -0.39 is 15.7 Å². The van der Waals surface area contributed by atoms with Crippen LogP contribution in [0.5, 0.6) is 0 Å². The fourth-order valence-electron chi connectivity index (χ4n) is 2.44. The van der Waals surface area contributed by atoms with Gasteiger partial charge in [-0.2, -0.15) is 5.10 Å². The second kappa shape index (κ2) is 6.08. The van der Waals surface area contributed by atoms with E-state index in [1.54, 1.807) is 35.3 Å². The maximum atomic E-state index is 12.4. The van der Waals surface area contributed by atoms with Gasteiger partial charge in [-0.1, -0.05) is 6.07 Å². The molecule has 0 aliphatic heterocycles. The molecule has 3 aromatic heterocycles. The standard InChI is InChI=1S/C15H17N5O3S/c1-19-10-11(9-17-19)6-7-16-14(21)13-12-5-3-4-8-20(12)15(18-13)24(2,22)23/h3-5,8-10H,6-7H2,1-2H3,(H,16,21). The van der Waals surface area contributed by atoms with Crippen LogP contribution >= 0.6 is 0 Å². The molecule has 9 heteroatoms. The van der Waals surface area contributed by atoms with Crippen LogP contribution in [-0.2, 0) is 23.3 Å². The SMILES string of the molecule is Cn1cc(CCNC(=O)c2nc(S(C)(=O)=O)n3ccccc23)cn1. The van der Waals surface area contributed by atoms with Crippen molar-refractivity contribution in [2.45, 2.75) is 11.6 Å². The van der Waals surface area contributed by atoms with Gasteiger partial charge in [-0.3, -0.25) is 13.9 Å². The molecule has 0 fully saturated rings. The molecule has 0 spiro atoms. The Morgan fingerprint density at radius 1 is 1.33 bits per heavy atom. The number of aromatic nitrogens is 4. The zero-order chi connectivity index (χ0) is 17.3. The summed E-state index contributed by atoms with van der Waals surface area (Å²) in [6.07, 6.45) is 6.88. The van der Waals surface area contributed by atoms with Crippen LogP contribution in [-0.4, -0.2) is 46.3 Å². The van der Waals surface area contributed by atoms with Crippen LogP contribution in [0.3, 0.4) is 0 Å². The molecule has 3 aromatic rings. The molecule has 0 aliphatic rings. The Hall–Kier alpha value is -2.68. The first kappa shape index (κ1) is 16.2. The molecule has 0 aromatic carbocycles. The zero-order valence-corrected chi connectivity index (χ0v) is 14.1. The summed E-state index contributed by atoms with van der Waals surface area (Å²) in [6.45, 7) is 0.407. The Bertz CT molecular complexity index is 1000. The highest BCUT2D eigenvalue weighted by atomic mass is 32.2. The second-order valence-electron chi connectivity index (χ2n) is 5.50. The normalized spacial score (nSPS) is 11.8. The largest absolute Gasteiger partial charge is 0.350 e. The van der Waals surface area contributed by atoms with Crippen LogP contribution in [0, 0.1) is 0 Å². The van der Waals surface area contributed by atoms with Crippen molar-refractivity contribution < 1.29 is 13.2 Å². The lowest BCUT2D eigenvalue weighted by Gasteiger charge is -2.02. The smallest absolute Gasteiger partial charge is 0.272 e. The monoisotopic (exact) mass is 347 g/mol. The van der Waals surface area contributed by atoms with Crippen LogP contribution < -0.4 is 5.32 Å². The summed E-state index contributed by atoms with van der Waals surface area (Å²) in [6, 6.07) is 5.08. The number of hydrogen-bond donors (Lipinski definition) is 1. The van der Waals surface area contributed by atoms with Crippen LogP contribution in [0.2, 0.25) is 0 Å². The molecular formula is C15H17N5O3S. The number of pyridine rings is 1. The fraction of sp³-hybridized carbons (Fsp3) is 0.267. The molecule has 0 saturated carbocycles. The average molecular weight is 347 g/mol. The number of carbonyl (C=O) groups excluding carboxylic acids is 1. The van der Waals surface area contributed by atoms with Crippen molar-refractivity contribution >= 4 is 21.3 Å². The number of carbonyl (C=O) groups is 1. The van der Waals surface area contributed by atoms with E-state index in [1.807, 2.05) is 13.2 Å². The van der Waals surface area contributed by atoms with Crippen molar-refractivity contribution in [1.82, 2.24) is 24.5 Å². The highest BCUT2D eigenvalue weighted by molar-refractivity contribution is 7.90. The Labute approximate surface area is 139 Å². The molecule has 0 aliphatic carbocycles. The minimum Gasteiger partial charge on any atom is -0.350 e. The van der Waals surface area contributed by atoms with Crippen molar-refractivity contribution in [2.75, 3.05) is 12.8 Å². The summed E-state index contributed by atoms with van der Waals surface area (Å²) < 4.78 is 26.8. The lowest BCUT2D eigenvalue weighted by Crippen LogP contribution is -2.26. The minimum atomic E-state index is -3.54. The first-order valence-electron chi connectivity index (χ1n) is 7.29. The van der Waals surface area contributed by atoms with Crippen LogP contribution in [0.15, 0.2) is 41.9 Å². The van der Waals surface area contributed by atoms with Crippen LogP contribution in [0.1, 0.15) is 16.1 Å². The molecule has 3 heterocycles. The minimum absolute atomic E-state index is 0.0993. The summed E-state index contributed by atoms with van der Waals surface area (Å²) in [5.74, 6) is -0.405. The van der Waals surface area contributed by atoms with E-state index in [0.717, 1.165) is 11.8 Å². The molecule has 1 amide bonds. The van der Waals surface area contributed by atoms with Crippen molar-refractivity contribution in [3.63, 3.8) is 0 Å². The number of nitrogens with zero attached hydrogens (tertiary/aromatic N) is 4. The third-order valence-electron chi connectivity index (χ3n) is 3.52. The van der Waals surface area contributed by atoms with Gasteiger partial charge >= 0.3 is 0 Å². The molecular weight excluding hydrogens is 330 g/mol. The molecule has 0 saturated heterocycles. The van der Waals surface area contributed by atoms with E-state index in [9.17, 15) is 13.2 Å². The van der Waals surface area contributed by atoms with Crippen molar-refractivity contribution in [1.29, 1.82) is 0 Å². The fourth-order valence-corrected chi connectivity index (χ4v) is 3.22. The molecule has 24 heavy (non-hydrogen) atoms. The second-order valence-corrected chi connectivity index (χ2v) is 7.41. The van der Waals surface area contributed by atoms with Gasteiger partial charge in [0.25, 0.3) is 5.91 Å².